The molecule has 0 bridgehead atoms. The third-order valence-corrected chi connectivity index (χ3v) is 10.5. The first-order valence-corrected chi connectivity index (χ1v) is 13.7. The van der Waals surface area contributed by atoms with E-state index in [-0.39, 0.29) is 36.9 Å². The first-order valence-electron chi connectivity index (χ1n) is 13.7. The van der Waals surface area contributed by atoms with E-state index in [4.69, 9.17) is 9.47 Å². The third-order valence-electron chi connectivity index (χ3n) is 10.5. The smallest absolute Gasteiger partial charge is 0.306 e. The largest absolute Gasteiger partial charge is 0.458 e. The average Bonchev–Trinajstić information content (AvgIpc) is 3.03. The van der Waals surface area contributed by atoms with Crippen LogP contribution in [-0.2, 0) is 28.7 Å². The molecule has 3 unspecified atom stereocenters. The summed E-state index contributed by atoms with van der Waals surface area (Å²) in [5.74, 6) is -3.17. The van der Waals surface area contributed by atoms with Crippen LogP contribution in [0.25, 0.3) is 0 Å². The van der Waals surface area contributed by atoms with E-state index < -0.39 is 64.4 Å². The monoisotopic (exact) mass is 520 g/mol. The third kappa shape index (κ3) is 3.75. The maximum atomic E-state index is 17.6. The predicted octanol–water partition coefficient (Wildman–Crippen LogP) is 4.29. The maximum Gasteiger partial charge on any atom is 0.306 e. The first kappa shape index (κ1) is 27.9. The van der Waals surface area contributed by atoms with Gasteiger partial charge in [0.15, 0.2) is 18.0 Å². The number of halogens is 1. The maximum absolute atomic E-state index is 17.6. The van der Waals surface area contributed by atoms with Gasteiger partial charge in [-0.05, 0) is 50.0 Å². The second-order valence-corrected chi connectivity index (χ2v) is 12.5. The van der Waals surface area contributed by atoms with Crippen molar-refractivity contribution in [3.63, 3.8) is 0 Å². The van der Waals surface area contributed by atoms with E-state index in [2.05, 4.69) is 0 Å². The molecule has 9 atom stereocenters. The lowest BCUT2D eigenvalue weighted by Gasteiger charge is -2.64. The molecule has 7 nitrogen and oxygen atoms in total. The van der Waals surface area contributed by atoms with Crippen molar-refractivity contribution in [2.45, 2.75) is 104 Å². The predicted molar refractivity (Wildman–Crippen MR) is 133 cm³/mol. The fourth-order valence-electron chi connectivity index (χ4n) is 8.87. The van der Waals surface area contributed by atoms with Crippen LogP contribution in [0.15, 0.2) is 11.6 Å². The fraction of sp³-hybridized carbons (Fsp3) is 0.793. The van der Waals surface area contributed by atoms with Crippen molar-refractivity contribution >= 4 is 23.5 Å². The van der Waals surface area contributed by atoms with Crippen molar-refractivity contribution in [1.82, 2.24) is 0 Å². The number of fused-ring (bicyclic) bond motifs is 5. The zero-order valence-electron chi connectivity index (χ0n) is 22.9. The van der Waals surface area contributed by atoms with E-state index in [1.807, 2.05) is 34.6 Å². The van der Waals surface area contributed by atoms with Gasteiger partial charge in [0.25, 0.3) is 0 Å². The molecular weight excluding hydrogens is 479 g/mol. The molecule has 1 N–H and O–H groups in total. The van der Waals surface area contributed by atoms with Crippen molar-refractivity contribution in [3.8, 4) is 0 Å². The molecule has 0 aliphatic heterocycles. The van der Waals surface area contributed by atoms with Crippen LogP contribution in [0.3, 0.4) is 0 Å². The number of ether oxygens (including phenoxy) is 2. The number of hydrogen-bond donors (Lipinski definition) is 1. The Kier molecular flexibility index (Phi) is 7.01. The van der Waals surface area contributed by atoms with Gasteiger partial charge in [-0.15, -0.1) is 0 Å². The SMILES string of the molecule is CCCC(=O)O[C@]1(C(=O)COC(C)=O)C(C)C[C@H]2[C@@H]3CC(C)C4=CC(=O)CC[C@]4(C)[C@@]3(F)C(O)C[C@@]21C. The molecule has 8 heteroatoms. The van der Waals surface area contributed by atoms with Crippen LogP contribution in [0.4, 0.5) is 4.39 Å². The Balaban J connectivity index is 1.83. The number of aliphatic hydroxyl groups excluding tert-OH is 1. The molecule has 3 fully saturated rings. The van der Waals surface area contributed by atoms with Crippen LogP contribution in [0.1, 0.15) is 86.5 Å². The minimum Gasteiger partial charge on any atom is -0.458 e. The van der Waals surface area contributed by atoms with Crippen LogP contribution >= 0.6 is 0 Å². The Morgan fingerprint density at radius 2 is 1.84 bits per heavy atom. The van der Waals surface area contributed by atoms with Gasteiger partial charge in [0, 0.05) is 42.4 Å². The van der Waals surface area contributed by atoms with Crippen molar-refractivity contribution in [2.24, 2.45) is 34.5 Å². The van der Waals surface area contributed by atoms with E-state index in [0.717, 1.165) is 5.57 Å². The summed E-state index contributed by atoms with van der Waals surface area (Å²) < 4.78 is 28.7. The zero-order valence-corrected chi connectivity index (χ0v) is 22.9. The normalized spacial score (nSPS) is 44.7. The molecule has 0 aromatic rings. The van der Waals surface area contributed by atoms with Gasteiger partial charge in [0.1, 0.15) is 5.67 Å². The molecule has 37 heavy (non-hydrogen) atoms. The summed E-state index contributed by atoms with van der Waals surface area (Å²) in [6.45, 7) is 9.99. The summed E-state index contributed by atoms with van der Waals surface area (Å²) in [4.78, 5) is 50.6. The van der Waals surface area contributed by atoms with Crippen LogP contribution in [0.2, 0.25) is 0 Å². The Morgan fingerprint density at radius 3 is 2.46 bits per heavy atom. The Labute approximate surface area is 218 Å². The molecule has 0 aromatic heterocycles. The Morgan fingerprint density at radius 1 is 1.16 bits per heavy atom. The van der Waals surface area contributed by atoms with E-state index in [0.29, 0.717) is 25.7 Å². The highest BCUT2D eigenvalue weighted by Crippen LogP contribution is 2.72. The van der Waals surface area contributed by atoms with Crippen molar-refractivity contribution in [3.05, 3.63) is 11.6 Å². The van der Waals surface area contributed by atoms with E-state index in [1.165, 1.54) is 6.92 Å². The lowest BCUT2D eigenvalue weighted by Crippen LogP contribution is -2.71. The fourth-order valence-corrected chi connectivity index (χ4v) is 8.87. The van der Waals surface area contributed by atoms with Crippen LogP contribution in [0, 0.1) is 34.5 Å². The number of alkyl halides is 1. The molecule has 4 aliphatic carbocycles. The minimum atomic E-state index is -1.99. The molecule has 3 saturated carbocycles. The van der Waals surface area contributed by atoms with E-state index in [1.54, 1.807) is 6.08 Å². The molecule has 4 aliphatic rings. The zero-order chi connectivity index (χ0) is 27.6. The number of rotatable bonds is 6. The molecule has 4 rings (SSSR count). The molecule has 0 saturated heterocycles. The van der Waals surface area contributed by atoms with Gasteiger partial charge in [-0.1, -0.05) is 40.2 Å². The van der Waals surface area contributed by atoms with E-state index >= 15 is 4.39 Å². The molecule has 0 spiro atoms. The number of ketones is 2. The summed E-state index contributed by atoms with van der Waals surface area (Å²) in [6.07, 6.45) is 2.15. The highest BCUT2D eigenvalue weighted by molar-refractivity contribution is 5.94. The number of Topliss-reactive ketones (excluding diaryl/α,β-unsaturated/α-hetero) is 1. The highest BCUT2D eigenvalue weighted by Gasteiger charge is 2.77. The average molecular weight is 521 g/mol. The van der Waals surface area contributed by atoms with Gasteiger partial charge in [-0.2, -0.15) is 0 Å². The Bertz CT molecular complexity index is 1040. The summed E-state index contributed by atoms with van der Waals surface area (Å²) in [5.41, 5.74) is -4.93. The molecule has 0 aromatic carbocycles. The topological polar surface area (TPSA) is 107 Å². The van der Waals surface area contributed by atoms with Crippen LogP contribution in [-0.4, -0.2) is 52.6 Å². The second kappa shape index (κ2) is 9.28. The van der Waals surface area contributed by atoms with Gasteiger partial charge in [-0.25, -0.2) is 4.39 Å². The number of aliphatic hydroxyl groups is 1. The lowest BCUT2D eigenvalue weighted by atomic mass is 9.42. The van der Waals surface area contributed by atoms with Crippen LogP contribution in [0.5, 0.6) is 0 Å². The number of allylic oxidation sites excluding steroid dienone is 1. The van der Waals surface area contributed by atoms with Gasteiger partial charge in [0.05, 0.1) is 6.10 Å². The minimum absolute atomic E-state index is 0.0103. The quantitative estimate of drug-likeness (QED) is 0.521. The molecule has 206 valence electrons. The number of carbonyl (C=O) groups excluding carboxylic acids is 4. The van der Waals surface area contributed by atoms with Gasteiger partial charge in [0.2, 0.25) is 5.78 Å². The van der Waals surface area contributed by atoms with Crippen molar-refractivity contribution < 1.29 is 38.1 Å². The standard InChI is InChI=1S/C29H41FO7/c1-7-8-25(35)37-29(24(34)15-36-18(4)31)17(3)12-21-22-11-16(2)20-13-19(32)9-10-26(20,5)28(22,30)23(33)14-27(21,29)6/h13,16-17,21-23,33H,7-12,14-15H2,1-6H3/t16?,17?,21-,22-,23?,26-,27-,28-,29-/m0/s1. The molecular formula is C29H41FO7. The first-order chi connectivity index (χ1) is 17.2. The summed E-state index contributed by atoms with van der Waals surface area (Å²) in [6, 6.07) is 0. The van der Waals surface area contributed by atoms with Crippen molar-refractivity contribution in [2.75, 3.05) is 6.61 Å². The van der Waals surface area contributed by atoms with Crippen molar-refractivity contribution in [1.29, 1.82) is 0 Å². The lowest BCUT2D eigenvalue weighted by molar-refractivity contribution is -0.238. The number of carbonyl (C=O) groups is 4. The number of esters is 2. The Hall–Kier alpha value is -2.09. The van der Waals surface area contributed by atoms with Crippen LogP contribution < -0.4 is 0 Å². The van der Waals surface area contributed by atoms with Gasteiger partial charge < -0.3 is 14.6 Å². The second-order valence-electron chi connectivity index (χ2n) is 12.5. The molecule has 0 radical (unpaired) electrons. The van der Waals surface area contributed by atoms with E-state index in [9.17, 15) is 24.3 Å². The summed E-state index contributed by atoms with van der Waals surface area (Å²) in [5, 5.41) is 11.7. The highest BCUT2D eigenvalue weighted by atomic mass is 19.1. The molecule has 0 amide bonds. The summed E-state index contributed by atoms with van der Waals surface area (Å²) in [7, 11) is 0. The number of hydrogen-bond acceptors (Lipinski definition) is 7. The molecule has 0 heterocycles. The van der Waals surface area contributed by atoms with Gasteiger partial charge >= 0.3 is 11.9 Å². The summed E-state index contributed by atoms with van der Waals surface area (Å²) >= 11 is 0. The van der Waals surface area contributed by atoms with Gasteiger partial charge in [-0.3, -0.25) is 19.2 Å².